The Balaban J connectivity index is 2.36. The van der Waals surface area contributed by atoms with Gasteiger partial charge in [-0.25, -0.2) is 4.98 Å². The fourth-order valence-electron chi connectivity index (χ4n) is 1.53. The van der Waals surface area contributed by atoms with Crippen LogP contribution in [0.5, 0.6) is 0 Å². The normalized spacial score (nSPS) is 12.2. The molecule has 2 aromatic heterocycles. The van der Waals surface area contributed by atoms with E-state index in [9.17, 15) is 5.11 Å². The summed E-state index contributed by atoms with van der Waals surface area (Å²) in [5.74, 6) is 1.24. The van der Waals surface area contributed by atoms with E-state index in [1.54, 1.807) is 25.9 Å². The summed E-state index contributed by atoms with van der Waals surface area (Å²) in [6, 6.07) is 0. The van der Waals surface area contributed by atoms with Crippen LogP contribution in [0.1, 0.15) is 6.92 Å². The van der Waals surface area contributed by atoms with Gasteiger partial charge in [-0.15, -0.1) is 0 Å². The fraction of sp³-hybridized carbons (Fsp3) is 0.500. The van der Waals surface area contributed by atoms with Gasteiger partial charge in [0.2, 0.25) is 11.9 Å². The van der Waals surface area contributed by atoms with E-state index in [0.717, 1.165) is 0 Å². The summed E-state index contributed by atoms with van der Waals surface area (Å²) >= 11 is 0. The highest BCUT2D eigenvalue weighted by molar-refractivity contribution is 5.38. The van der Waals surface area contributed by atoms with Crippen LogP contribution in [0.4, 0.5) is 11.9 Å². The lowest BCUT2D eigenvalue weighted by atomic mass is 10.4. The Labute approximate surface area is 110 Å². The minimum atomic E-state index is -0.477. The van der Waals surface area contributed by atoms with Crippen molar-refractivity contribution in [1.29, 1.82) is 0 Å². The van der Waals surface area contributed by atoms with Crippen molar-refractivity contribution in [3.8, 4) is 5.95 Å². The molecule has 19 heavy (non-hydrogen) atoms. The van der Waals surface area contributed by atoms with Gasteiger partial charge < -0.3 is 15.3 Å². The summed E-state index contributed by atoms with van der Waals surface area (Å²) in [6.45, 7) is 2.12. The molecule has 1 unspecified atom stereocenters. The molecule has 0 aliphatic heterocycles. The van der Waals surface area contributed by atoms with Crippen molar-refractivity contribution >= 4 is 11.9 Å². The van der Waals surface area contributed by atoms with Gasteiger partial charge in [0.05, 0.1) is 6.10 Å². The van der Waals surface area contributed by atoms with E-state index in [1.807, 2.05) is 0 Å². The van der Waals surface area contributed by atoms with Crippen molar-refractivity contribution in [3.05, 3.63) is 12.7 Å². The summed E-state index contributed by atoms with van der Waals surface area (Å²) in [5.41, 5.74) is 0. The van der Waals surface area contributed by atoms with Crippen molar-refractivity contribution < 1.29 is 5.11 Å². The van der Waals surface area contributed by atoms with Crippen LogP contribution in [0.15, 0.2) is 12.7 Å². The number of nitrogens with one attached hydrogen (secondary N) is 1. The maximum atomic E-state index is 9.41. The molecule has 0 radical (unpaired) electrons. The predicted octanol–water partition coefficient (Wildman–Crippen LogP) is -0.689. The van der Waals surface area contributed by atoms with Crippen LogP contribution in [-0.2, 0) is 0 Å². The molecule has 0 aromatic carbocycles. The monoisotopic (exact) mass is 264 g/mol. The zero-order valence-corrected chi connectivity index (χ0v) is 11.0. The highest BCUT2D eigenvalue weighted by atomic mass is 16.3. The van der Waals surface area contributed by atoms with E-state index in [1.165, 1.54) is 17.3 Å². The molecular weight excluding hydrogens is 248 g/mol. The van der Waals surface area contributed by atoms with Crippen molar-refractivity contribution in [3.63, 3.8) is 0 Å². The molecule has 0 saturated heterocycles. The van der Waals surface area contributed by atoms with Gasteiger partial charge in [-0.2, -0.15) is 24.7 Å². The first-order valence-corrected chi connectivity index (χ1v) is 5.78. The van der Waals surface area contributed by atoms with Crippen molar-refractivity contribution in [2.75, 3.05) is 30.9 Å². The number of anilines is 2. The average Bonchev–Trinajstić information content (AvgIpc) is 2.91. The number of hydrogen-bond donors (Lipinski definition) is 2. The van der Waals surface area contributed by atoms with E-state index >= 15 is 0 Å². The number of nitrogens with zero attached hydrogens (tertiary/aromatic N) is 7. The molecule has 0 bridgehead atoms. The first-order valence-electron chi connectivity index (χ1n) is 5.78. The second-order valence-electron chi connectivity index (χ2n) is 4.08. The standard InChI is InChI=1S/C10H16N8O/c1-7(19)4-17(3)9-14-8(11-2)15-10(16-9)18-6-12-5-13-18/h5-7,19H,4H2,1-3H3,(H,11,14,15,16). The van der Waals surface area contributed by atoms with Gasteiger partial charge in [-0.1, -0.05) is 0 Å². The number of rotatable bonds is 5. The quantitative estimate of drug-likeness (QED) is 0.731. The summed E-state index contributed by atoms with van der Waals surface area (Å²) in [7, 11) is 3.52. The van der Waals surface area contributed by atoms with Gasteiger partial charge in [0.1, 0.15) is 12.7 Å². The Morgan fingerprint density at radius 2 is 2.21 bits per heavy atom. The average molecular weight is 264 g/mol. The van der Waals surface area contributed by atoms with E-state index < -0.39 is 6.10 Å². The second kappa shape index (κ2) is 5.57. The number of aliphatic hydroxyl groups is 1. The molecule has 0 aliphatic carbocycles. The van der Waals surface area contributed by atoms with Gasteiger partial charge >= 0.3 is 0 Å². The van der Waals surface area contributed by atoms with Gasteiger partial charge in [-0.05, 0) is 6.92 Å². The van der Waals surface area contributed by atoms with E-state index in [-0.39, 0.29) is 0 Å². The Morgan fingerprint density at radius 1 is 1.42 bits per heavy atom. The Morgan fingerprint density at radius 3 is 2.79 bits per heavy atom. The SMILES string of the molecule is CNc1nc(N(C)CC(C)O)nc(-n2cncn2)n1. The molecule has 9 nitrogen and oxygen atoms in total. The lowest BCUT2D eigenvalue weighted by Gasteiger charge is -2.19. The Hall–Kier alpha value is -2.29. The molecular formula is C10H16N8O. The van der Waals surface area contributed by atoms with E-state index in [4.69, 9.17) is 0 Å². The highest BCUT2D eigenvalue weighted by Crippen LogP contribution is 2.11. The van der Waals surface area contributed by atoms with Crippen molar-refractivity contribution in [2.24, 2.45) is 0 Å². The summed E-state index contributed by atoms with van der Waals surface area (Å²) in [6.07, 6.45) is 2.43. The maximum Gasteiger partial charge on any atom is 0.258 e. The van der Waals surface area contributed by atoms with Crippen molar-refractivity contribution in [2.45, 2.75) is 13.0 Å². The maximum absolute atomic E-state index is 9.41. The smallest absolute Gasteiger partial charge is 0.258 e. The van der Waals surface area contributed by atoms with Crippen LogP contribution in [0.25, 0.3) is 5.95 Å². The molecule has 1 atom stereocenters. The van der Waals surface area contributed by atoms with Gasteiger partial charge in [-0.3, -0.25) is 0 Å². The summed E-state index contributed by atoms with van der Waals surface area (Å²) in [4.78, 5) is 18.3. The zero-order valence-electron chi connectivity index (χ0n) is 11.0. The second-order valence-corrected chi connectivity index (χ2v) is 4.08. The molecule has 0 amide bonds. The van der Waals surface area contributed by atoms with E-state index in [2.05, 4.69) is 30.4 Å². The van der Waals surface area contributed by atoms with Crippen molar-refractivity contribution in [1.82, 2.24) is 29.7 Å². The molecule has 2 heterocycles. The largest absolute Gasteiger partial charge is 0.392 e. The Kier molecular flexibility index (Phi) is 3.85. The molecule has 2 N–H and O–H groups in total. The minimum Gasteiger partial charge on any atom is -0.392 e. The molecule has 2 aromatic rings. The third-order valence-corrected chi connectivity index (χ3v) is 2.34. The summed E-state index contributed by atoms with van der Waals surface area (Å²) < 4.78 is 1.45. The van der Waals surface area contributed by atoms with Gasteiger partial charge in [0.25, 0.3) is 5.95 Å². The lowest BCUT2D eigenvalue weighted by molar-refractivity contribution is 0.201. The van der Waals surface area contributed by atoms with Crippen LogP contribution < -0.4 is 10.2 Å². The number of aromatic nitrogens is 6. The third kappa shape index (κ3) is 3.13. The van der Waals surface area contributed by atoms with Gasteiger partial charge in [0, 0.05) is 20.6 Å². The summed E-state index contributed by atoms with van der Waals surface area (Å²) in [5, 5.41) is 16.3. The predicted molar refractivity (Wildman–Crippen MR) is 69.2 cm³/mol. The Bertz CT molecular complexity index is 526. The molecule has 9 heteroatoms. The zero-order chi connectivity index (χ0) is 13.8. The molecule has 0 spiro atoms. The number of hydrogen-bond acceptors (Lipinski definition) is 8. The molecule has 2 rings (SSSR count). The highest BCUT2D eigenvalue weighted by Gasteiger charge is 2.12. The van der Waals surface area contributed by atoms with Crippen LogP contribution >= 0.6 is 0 Å². The molecule has 0 aliphatic rings. The fourth-order valence-corrected chi connectivity index (χ4v) is 1.53. The minimum absolute atomic E-state index is 0.365. The number of aliphatic hydroxyl groups excluding tert-OH is 1. The van der Waals surface area contributed by atoms with Gasteiger partial charge in [0.15, 0.2) is 0 Å². The lowest BCUT2D eigenvalue weighted by Crippen LogP contribution is -2.29. The number of likely N-dealkylation sites (N-methyl/N-ethyl adjacent to an activating group) is 1. The van der Waals surface area contributed by atoms with Crippen LogP contribution in [0.2, 0.25) is 0 Å². The van der Waals surface area contributed by atoms with E-state index in [0.29, 0.717) is 24.4 Å². The van der Waals surface area contributed by atoms with Crippen LogP contribution in [0, 0.1) is 0 Å². The van der Waals surface area contributed by atoms with Crippen LogP contribution in [0.3, 0.4) is 0 Å². The molecule has 0 fully saturated rings. The first kappa shape index (κ1) is 13.1. The first-order chi connectivity index (χ1) is 9.10. The topological polar surface area (TPSA) is 105 Å². The molecule has 102 valence electrons. The third-order valence-electron chi connectivity index (χ3n) is 2.34. The molecule has 0 saturated carbocycles. The van der Waals surface area contributed by atoms with Crippen LogP contribution in [-0.4, -0.2) is 61.6 Å².